The molecule has 27 heavy (non-hydrogen) atoms. The quantitative estimate of drug-likeness (QED) is 0.566. The first-order chi connectivity index (χ1) is 12.9. The summed E-state index contributed by atoms with van der Waals surface area (Å²) in [6, 6.07) is 7.70. The molecule has 0 saturated carbocycles. The Balaban J connectivity index is 1.97. The van der Waals surface area contributed by atoms with Crippen LogP contribution >= 0.6 is 11.6 Å². The topological polar surface area (TPSA) is 85.7 Å². The lowest BCUT2D eigenvalue weighted by Crippen LogP contribution is -2.47. The highest BCUT2D eigenvalue weighted by atomic mass is 35.5. The number of carbonyl (C=O) groups is 1. The van der Waals surface area contributed by atoms with Crippen molar-refractivity contribution in [2.24, 2.45) is 0 Å². The van der Waals surface area contributed by atoms with E-state index in [1.165, 1.54) is 17.0 Å². The fourth-order valence-electron chi connectivity index (χ4n) is 2.56. The zero-order chi connectivity index (χ0) is 19.8. The van der Waals surface area contributed by atoms with Crippen molar-refractivity contribution in [2.75, 3.05) is 24.6 Å². The van der Waals surface area contributed by atoms with Crippen molar-refractivity contribution in [1.29, 1.82) is 0 Å². The molecule has 2 rings (SSSR count). The zero-order valence-corrected chi connectivity index (χ0v) is 15.8. The monoisotopic (exact) mass is 395 g/mol. The first kappa shape index (κ1) is 21.2. The number of halogens is 2. The van der Waals surface area contributed by atoms with Gasteiger partial charge in [-0.25, -0.2) is 4.39 Å². The summed E-state index contributed by atoms with van der Waals surface area (Å²) in [5.74, 6) is -0.984. The summed E-state index contributed by atoms with van der Waals surface area (Å²) in [4.78, 5) is 18.1. The fraction of sp³-hybridized carbons (Fsp3) is 0.368. The molecule has 3 N–H and O–H groups in total. The smallest absolute Gasteiger partial charge is 0.271 e. The molecule has 1 heterocycles. The molecule has 0 aliphatic carbocycles. The van der Waals surface area contributed by atoms with Gasteiger partial charge in [-0.15, -0.1) is 0 Å². The maximum absolute atomic E-state index is 13.3. The lowest BCUT2D eigenvalue weighted by molar-refractivity contribution is -0.128. The van der Waals surface area contributed by atoms with Crippen LogP contribution in [0.3, 0.4) is 0 Å². The van der Waals surface area contributed by atoms with E-state index >= 15 is 0 Å². The summed E-state index contributed by atoms with van der Waals surface area (Å²) in [6.45, 7) is 2.26. The van der Waals surface area contributed by atoms with E-state index in [9.17, 15) is 14.3 Å². The van der Waals surface area contributed by atoms with Crippen LogP contribution in [0.4, 0.5) is 10.1 Å². The SMILES string of the molecule is Cc1ccc(N(CCCO)C(=O)C(O)NCCc2cc(F)cc(Cl)c2)cn1. The van der Waals surface area contributed by atoms with Gasteiger partial charge in [0.2, 0.25) is 0 Å². The van der Waals surface area contributed by atoms with Gasteiger partial charge >= 0.3 is 0 Å². The van der Waals surface area contributed by atoms with Crippen LogP contribution in [0.1, 0.15) is 17.7 Å². The van der Waals surface area contributed by atoms with Gasteiger partial charge in [0.25, 0.3) is 5.91 Å². The summed E-state index contributed by atoms with van der Waals surface area (Å²) >= 11 is 5.81. The first-order valence-electron chi connectivity index (χ1n) is 8.62. The molecule has 0 radical (unpaired) electrons. The van der Waals surface area contributed by atoms with E-state index in [0.717, 1.165) is 5.69 Å². The molecular weight excluding hydrogens is 373 g/mol. The van der Waals surface area contributed by atoms with Gasteiger partial charge in [0.1, 0.15) is 5.82 Å². The second-order valence-corrected chi connectivity index (χ2v) is 6.55. The van der Waals surface area contributed by atoms with Gasteiger partial charge in [0.15, 0.2) is 6.23 Å². The maximum atomic E-state index is 13.3. The molecule has 0 spiro atoms. The molecular formula is C19H23ClFN3O3. The Hall–Kier alpha value is -2.06. The van der Waals surface area contributed by atoms with Crippen LogP contribution in [0.2, 0.25) is 5.02 Å². The Labute approximate surface area is 162 Å². The molecule has 8 heteroatoms. The van der Waals surface area contributed by atoms with Crippen molar-refractivity contribution in [1.82, 2.24) is 10.3 Å². The van der Waals surface area contributed by atoms with Crippen molar-refractivity contribution in [3.05, 3.63) is 58.6 Å². The normalized spacial score (nSPS) is 12.0. The van der Waals surface area contributed by atoms with E-state index in [-0.39, 0.29) is 19.7 Å². The minimum absolute atomic E-state index is 0.0765. The lowest BCUT2D eigenvalue weighted by Gasteiger charge is -2.25. The van der Waals surface area contributed by atoms with Crippen molar-refractivity contribution >= 4 is 23.2 Å². The number of amides is 1. The molecule has 1 aromatic heterocycles. The average molecular weight is 396 g/mol. The number of pyridine rings is 1. The third kappa shape index (κ3) is 6.55. The third-order valence-electron chi connectivity index (χ3n) is 3.92. The van der Waals surface area contributed by atoms with Crippen LogP contribution in [0.25, 0.3) is 0 Å². The van der Waals surface area contributed by atoms with Crippen LogP contribution in [-0.2, 0) is 11.2 Å². The van der Waals surface area contributed by atoms with Gasteiger partial charge in [-0.05, 0) is 55.7 Å². The number of hydrogen-bond donors (Lipinski definition) is 3. The minimum atomic E-state index is -1.44. The molecule has 0 bridgehead atoms. The van der Waals surface area contributed by atoms with Gasteiger partial charge in [-0.3, -0.25) is 15.1 Å². The highest BCUT2D eigenvalue weighted by Crippen LogP contribution is 2.16. The van der Waals surface area contributed by atoms with Crippen LogP contribution in [-0.4, -0.2) is 47.0 Å². The van der Waals surface area contributed by atoms with Crippen molar-refractivity contribution in [3.8, 4) is 0 Å². The fourth-order valence-corrected chi connectivity index (χ4v) is 2.80. The van der Waals surface area contributed by atoms with Crippen LogP contribution in [0, 0.1) is 12.7 Å². The Morgan fingerprint density at radius 1 is 1.37 bits per heavy atom. The summed E-state index contributed by atoms with van der Waals surface area (Å²) in [6.07, 6.45) is 0.874. The molecule has 1 unspecified atom stereocenters. The Kier molecular flexibility index (Phi) is 8.12. The Morgan fingerprint density at radius 2 is 2.15 bits per heavy atom. The average Bonchev–Trinajstić information content (AvgIpc) is 2.62. The van der Waals surface area contributed by atoms with E-state index in [2.05, 4.69) is 10.3 Å². The number of aryl methyl sites for hydroxylation is 1. The molecule has 0 aliphatic rings. The highest BCUT2D eigenvalue weighted by molar-refractivity contribution is 6.30. The second kappa shape index (κ2) is 10.3. The number of carbonyl (C=O) groups excluding carboxylic acids is 1. The zero-order valence-electron chi connectivity index (χ0n) is 15.0. The van der Waals surface area contributed by atoms with E-state index in [1.807, 2.05) is 6.92 Å². The summed E-state index contributed by atoms with van der Waals surface area (Å²) in [5, 5.41) is 22.3. The lowest BCUT2D eigenvalue weighted by atomic mass is 10.1. The molecule has 1 atom stereocenters. The number of hydrogen-bond acceptors (Lipinski definition) is 5. The van der Waals surface area contributed by atoms with Crippen molar-refractivity contribution in [2.45, 2.75) is 26.0 Å². The largest absolute Gasteiger partial charge is 0.396 e. The van der Waals surface area contributed by atoms with Gasteiger partial charge in [-0.2, -0.15) is 0 Å². The molecule has 6 nitrogen and oxygen atoms in total. The van der Waals surface area contributed by atoms with Crippen LogP contribution in [0.5, 0.6) is 0 Å². The maximum Gasteiger partial charge on any atom is 0.271 e. The number of nitrogens with one attached hydrogen (secondary N) is 1. The van der Waals surface area contributed by atoms with Crippen molar-refractivity contribution in [3.63, 3.8) is 0 Å². The van der Waals surface area contributed by atoms with Crippen LogP contribution in [0.15, 0.2) is 36.5 Å². The Morgan fingerprint density at radius 3 is 2.78 bits per heavy atom. The number of benzene rings is 1. The molecule has 0 aliphatic heterocycles. The van der Waals surface area contributed by atoms with Gasteiger partial charge in [0.05, 0.1) is 11.9 Å². The molecule has 2 aromatic rings. The predicted molar refractivity (Wildman–Crippen MR) is 102 cm³/mol. The molecule has 0 saturated heterocycles. The predicted octanol–water partition coefficient (Wildman–Crippen LogP) is 2.05. The molecule has 1 amide bonds. The van der Waals surface area contributed by atoms with E-state index in [4.69, 9.17) is 16.7 Å². The van der Waals surface area contributed by atoms with E-state index in [0.29, 0.717) is 29.1 Å². The van der Waals surface area contributed by atoms with Gasteiger partial charge < -0.3 is 15.1 Å². The Bertz CT molecular complexity index is 738. The molecule has 146 valence electrons. The number of aromatic nitrogens is 1. The molecule has 0 fully saturated rings. The number of rotatable bonds is 9. The minimum Gasteiger partial charge on any atom is -0.396 e. The van der Waals surface area contributed by atoms with Crippen LogP contribution < -0.4 is 10.2 Å². The summed E-state index contributed by atoms with van der Waals surface area (Å²) in [5.41, 5.74) is 2.00. The number of aliphatic hydroxyl groups excluding tert-OH is 2. The van der Waals surface area contributed by atoms with Crippen molar-refractivity contribution < 1.29 is 19.4 Å². The summed E-state index contributed by atoms with van der Waals surface area (Å²) in [7, 11) is 0. The number of aliphatic hydroxyl groups is 2. The third-order valence-corrected chi connectivity index (χ3v) is 4.14. The first-order valence-corrected chi connectivity index (χ1v) is 9.00. The summed E-state index contributed by atoms with van der Waals surface area (Å²) < 4.78 is 13.3. The van der Waals surface area contributed by atoms with Gasteiger partial charge in [0, 0.05) is 30.4 Å². The van der Waals surface area contributed by atoms with E-state index in [1.54, 1.807) is 24.4 Å². The van der Waals surface area contributed by atoms with Gasteiger partial charge in [-0.1, -0.05) is 11.6 Å². The van der Waals surface area contributed by atoms with E-state index < -0.39 is 18.0 Å². The second-order valence-electron chi connectivity index (χ2n) is 6.11. The highest BCUT2D eigenvalue weighted by Gasteiger charge is 2.23. The molecule has 1 aromatic carbocycles. The number of nitrogens with zero attached hydrogens (tertiary/aromatic N) is 2. The number of anilines is 1. The standard InChI is InChI=1S/C19H23ClFN3O3/c1-13-3-4-17(12-23-13)24(7-2-8-25)19(27)18(26)22-6-5-14-9-15(20)11-16(21)10-14/h3-4,9-12,18,22,25-26H,2,5-8H2,1H3.